The van der Waals surface area contributed by atoms with Gasteiger partial charge in [-0.15, -0.1) is 11.8 Å². The average Bonchev–Trinajstić information content (AvgIpc) is 2.65. The summed E-state index contributed by atoms with van der Waals surface area (Å²) in [5, 5.41) is 9.60. The van der Waals surface area contributed by atoms with Crippen LogP contribution in [-0.4, -0.2) is 45.4 Å². The minimum atomic E-state index is -0.577. The molecule has 4 nitrogen and oxygen atoms in total. The largest absolute Gasteiger partial charge is 0.392 e. The monoisotopic (exact) mass is 274 g/mol. The van der Waals surface area contributed by atoms with E-state index in [0.717, 1.165) is 17.1 Å². The molecule has 1 fully saturated rings. The number of aliphatic hydroxyl groups excluding tert-OH is 1. The number of thioether (sulfide) groups is 2. The average molecular weight is 274 g/mol. The number of carbonyl (C=O) groups is 1. The van der Waals surface area contributed by atoms with Crippen molar-refractivity contribution in [2.75, 3.05) is 12.0 Å². The normalized spacial score (nSPS) is 30.7. The molecule has 3 unspecified atom stereocenters. The van der Waals surface area contributed by atoms with Gasteiger partial charge in [0.25, 0.3) is 0 Å². The van der Waals surface area contributed by atoms with Crippen molar-refractivity contribution in [2.24, 2.45) is 11.7 Å². The van der Waals surface area contributed by atoms with E-state index >= 15 is 0 Å². The van der Waals surface area contributed by atoms with Gasteiger partial charge in [-0.2, -0.15) is 11.8 Å². The van der Waals surface area contributed by atoms with Crippen LogP contribution in [0.2, 0.25) is 0 Å². The fourth-order valence-corrected chi connectivity index (χ4v) is 4.10. The Kier molecular flexibility index (Phi) is 4.07. The van der Waals surface area contributed by atoms with Gasteiger partial charge in [0.2, 0.25) is 5.91 Å². The topological polar surface area (TPSA) is 66.6 Å². The van der Waals surface area contributed by atoms with Crippen molar-refractivity contribution in [3.63, 3.8) is 0 Å². The summed E-state index contributed by atoms with van der Waals surface area (Å²) in [6, 6.07) is 0.0144. The molecule has 0 bridgehead atoms. The second kappa shape index (κ2) is 5.22. The van der Waals surface area contributed by atoms with E-state index in [1.807, 2.05) is 6.20 Å². The Balaban J connectivity index is 1.96. The molecule has 96 valence electrons. The summed E-state index contributed by atoms with van der Waals surface area (Å²) in [5.74, 6) is 0.781. The fourth-order valence-electron chi connectivity index (χ4n) is 2.10. The maximum atomic E-state index is 11.7. The predicted octanol–water partition coefficient (Wildman–Crippen LogP) is 0.820. The number of aliphatic hydroxyl groups is 1. The molecule has 2 aliphatic rings. The molecule has 2 rings (SSSR count). The Morgan fingerprint density at radius 2 is 2.41 bits per heavy atom. The maximum Gasteiger partial charge on any atom is 0.236 e. The Morgan fingerprint density at radius 3 is 3.00 bits per heavy atom. The van der Waals surface area contributed by atoms with Gasteiger partial charge in [-0.05, 0) is 25.4 Å². The van der Waals surface area contributed by atoms with Crippen LogP contribution in [0.4, 0.5) is 0 Å². The van der Waals surface area contributed by atoms with Gasteiger partial charge in [0.05, 0.1) is 12.0 Å². The van der Waals surface area contributed by atoms with E-state index in [4.69, 9.17) is 5.73 Å². The van der Waals surface area contributed by atoms with E-state index in [-0.39, 0.29) is 23.2 Å². The second-order valence-corrected chi connectivity index (χ2v) is 6.62. The van der Waals surface area contributed by atoms with Gasteiger partial charge in [0.1, 0.15) is 5.37 Å². The minimum Gasteiger partial charge on any atom is -0.392 e. The molecule has 0 aliphatic carbocycles. The molecule has 2 heterocycles. The highest BCUT2D eigenvalue weighted by molar-refractivity contribution is 8.04. The Morgan fingerprint density at radius 1 is 1.71 bits per heavy atom. The summed E-state index contributed by atoms with van der Waals surface area (Å²) in [4.78, 5) is 14.5. The maximum absolute atomic E-state index is 11.7. The fraction of sp³-hybridized carbons (Fsp3) is 0.727. The molecule has 0 saturated carbocycles. The molecular weight excluding hydrogens is 256 g/mol. The lowest BCUT2D eigenvalue weighted by Gasteiger charge is -2.42. The first-order valence-electron chi connectivity index (χ1n) is 5.69. The van der Waals surface area contributed by atoms with E-state index in [1.165, 1.54) is 0 Å². The predicted molar refractivity (Wildman–Crippen MR) is 72.5 cm³/mol. The van der Waals surface area contributed by atoms with Crippen molar-refractivity contribution in [3.8, 4) is 0 Å². The first kappa shape index (κ1) is 13.3. The van der Waals surface area contributed by atoms with Crippen LogP contribution < -0.4 is 5.73 Å². The van der Waals surface area contributed by atoms with Crippen molar-refractivity contribution in [3.05, 3.63) is 11.1 Å². The number of carbonyl (C=O) groups excluding carboxylic acids is 1. The molecule has 17 heavy (non-hydrogen) atoms. The molecule has 0 aromatic rings. The zero-order valence-electron chi connectivity index (χ0n) is 10.00. The molecule has 3 N–H and O–H groups in total. The van der Waals surface area contributed by atoms with Crippen LogP contribution in [0.1, 0.15) is 13.3 Å². The van der Waals surface area contributed by atoms with Crippen molar-refractivity contribution in [1.82, 2.24) is 4.90 Å². The molecule has 0 radical (unpaired) electrons. The molecule has 1 saturated heterocycles. The highest BCUT2D eigenvalue weighted by Crippen LogP contribution is 2.47. The van der Waals surface area contributed by atoms with Gasteiger partial charge >= 0.3 is 0 Å². The van der Waals surface area contributed by atoms with E-state index < -0.39 is 6.10 Å². The van der Waals surface area contributed by atoms with Gasteiger partial charge in [0, 0.05) is 17.1 Å². The van der Waals surface area contributed by atoms with Crippen LogP contribution in [-0.2, 0) is 4.79 Å². The summed E-state index contributed by atoms with van der Waals surface area (Å²) in [6.07, 6.45) is 4.27. The number of amides is 1. The van der Waals surface area contributed by atoms with E-state index in [1.54, 1.807) is 35.3 Å². The third kappa shape index (κ3) is 2.36. The third-order valence-corrected chi connectivity index (χ3v) is 5.25. The lowest BCUT2D eigenvalue weighted by Crippen LogP contribution is -2.58. The Labute approximate surface area is 110 Å². The van der Waals surface area contributed by atoms with Gasteiger partial charge in [-0.3, -0.25) is 4.79 Å². The lowest BCUT2D eigenvalue weighted by atomic mass is 9.93. The number of hydrogen-bond donors (Lipinski definition) is 2. The van der Waals surface area contributed by atoms with Crippen molar-refractivity contribution in [1.29, 1.82) is 0 Å². The van der Waals surface area contributed by atoms with E-state index in [0.29, 0.717) is 0 Å². The van der Waals surface area contributed by atoms with Crippen molar-refractivity contribution >= 4 is 29.4 Å². The number of nitrogens with two attached hydrogens (primary N) is 1. The number of β-lactam (4-membered cyclic amide) rings is 1. The Hall–Kier alpha value is -0.170. The lowest BCUT2D eigenvalue weighted by molar-refractivity contribution is -0.151. The quantitative estimate of drug-likeness (QED) is 0.727. The van der Waals surface area contributed by atoms with Crippen molar-refractivity contribution < 1.29 is 9.90 Å². The molecule has 0 aromatic heterocycles. The van der Waals surface area contributed by atoms with E-state index in [2.05, 4.69) is 6.26 Å². The first-order valence-corrected chi connectivity index (χ1v) is 7.96. The SMILES string of the molecule is CSCCC(N)C1=CN2C(=O)C(C(C)O)[C@@H]2S1. The number of hydrogen-bond acceptors (Lipinski definition) is 5. The summed E-state index contributed by atoms with van der Waals surface area (Å²) >= 11 is 3.41. The summed E-state index contributed by atoms with van der Waals surface area (Å²) in [7, 11) is 0. The summed E-state index contributed by atoms with van der Waals surface area (Å²) in [5.41, 5.74) is 6.08. The van der Waals surface area contributed by atoms with Crippen LogP contribution in [0.15, 0.2) is 11.1 Å². The van der Waals surface area contributed by atoms with Crippen molar-refractivity contribution in [2.45, 2.75) is 30.9 Å². The molecule has 0 aromatic carbocycles. The number of nitrogens with zero attached hydrogens (tertiary/aromatic N) is 1. The highest BCUT2D eigenvalue weighted by Gasteiger charge is 2.52. The van der Waals surface area contributed by atoms with Crippen LogP contribution >= 0.6 is 23.5 Å². The number of rotatable bonds is 5. The summed E-state index contributed by atoms with van der Waals surface area (Å²) < 4.78 is 0. The number of fused-ring (bicyclic) bond motifs is 1. The smallest absolute Gasteiger partial charge is 0.236 e. The molecular formula is C11H18N2O2S2. The molecule has 1 amide bonds. The van der Waals surface area contributed by atoms with Gasteiger partial charge in [0.15, 0.2) is 0 Å². The zero-order valence-corrected chi connectivity index (χ0v) is 11.6. The standard InChI is InChI=1S/C11H18N2O2S2/c1-6(14)9-10(15)13-5-8(17-11(9)13)7(12)3-4-16-2/h5-7,9,11,14H,3-4,12H2,1-2H3/t6?,7?,9?,11-/m0/s1. The van der Waals surface area contributed by atoms with Crippen LogP contribution in [0.5, 0.6) is 0 Å². The van der Waals surface area contributed by atoms with Gasteiger partial charge in [-0.1, -0.05) is 0 Å². The van der Waals surface area contributed by atoms with Gasteiger partial charge in [-0.25, -0.2) is 0 Å². The third-order valence-electron chi connectivity index (χ3n) is 3.16. The Bertz CT molecular complexity index is 346. The molecule has 2 aliphatic heterocycles. The highest BCUT2D eigenvalue weighted by atomic mass is 32.2. The van der Waals surface area contributed by atoms with E-state index in [9.17, 15) is 9.90 Å². The van der Waals surface area contributed by atoms with Crippen LogP contribution in [0.3, 0.4) is 0 Å². The van der Waals surface area contributed by atoms with Crippen LogP contribution in [0, 0.1) is 5.92 Å². The zero-order chi connectivity index (χ0) is 12.6. The summed E-state index contributed by atoms with van der Waals surface area (Å²) in [6.45, 7) is 1.67. The van der Waals surface area contributed by atoms with Crippen LogP contribution in [0.25, 0.3) is 0 Å². The first-order chi connectivity index (χ1) is 8.06. The molecule has 4 atom stereocenters. The molecule has 6 heteroatoms. The van der Waals surface area contributed by atoms with Gasteiger partial charge < -0.3 is 15.7 Å². The molecule has 0 spiro atoms. The minimum absolute atomic E-state index is 0.0144. The second-order valence-electron chi connectivity index (χ2n) is 4.44.